The zero-order valence-electron chi connectivity index (χ0n) is 11.4. The first-order chi connectivity index (χ1) is 9.40. The number of rotatable bonds is 4. The minimum atomic E-state index is -3.09. The summed E-state index contributed by atoms with van der Waals surface area (Å²) in [5.74, 6) is 1.06. The molecule has 0 amide bonds. The highest BCUT2D eigenvalue weighted by atomic mass is 35.5. The predicted molar refractivity (Wildman–Crippen MR) is 79.7 cm³/mol. The van der Waals surface area contributed by atoms with Crippen LogP contribution in [0.3, 0.4) is 0 Å². The number of hydrogen-bond acceptors (Lipinski definition) is 6. The molecule has 1 aliphatic heterocycles. The molecule has 1 aliphatic rings. The summed E-state index contributed by atoms with van der Waals surface area (Å²) in [4.78, 5) is 8.38. The number of nitrogens with one attached hydrogen (secondary N) is 2. The summed E-state index contributed by atoms with van der Waals surface area (Å²) >= 11 is 5.92. The van der Waals surface area contributed by atoms with Crippen LogP contribution >= 0.6 is 11.6 Å². The van der Waals surface area contributed by atoms with Gasteiger partial charge in [-0.05, 0) is 12.8 Å². The molecule has 0 bridgehead atoms. The minimum absolute atomic E-state index is 0.166. The van der Waals surface area contributed by atoms with E-state index >= 15 is 0 Å². The fourth-order valence-corrected chi connectivity index (χ4v) is 3.19. The van der Waals surface area contributed by atoms with Gasteiger partial charge in [-0.1, -0.05) is 11.6 Å². The van der Waals surface area contributed by atoms with E-state index in [2.05, 4.69) is 20.6 Å². The molecule has 112 valence electrons. The Labute approximate surface area is 123 Å². The van der Waals surface area contributed by atoms with E-state index in [0.29, 0.717) is 29.9 Å². The van der Waals surface area contributed by atoms with Gasteiger partial charge in [0.15, 0.2) is 0 Å². The van der Waals surface area contributed by atoms with Gasteiger partial charge >= 0.3 is 0 Å². The summed E-state index contributed by atoms with van der Waals surface area (Å²) in [5, 5.41) is 6.56. The van der Waals surface area contributed by atoms with E-state index in [1.54, 1.807) is 7.05 Å². The number of anilines is 2. The standard InChI is InChI=1S/C11H18ClN5O2S/c1-13-10-9(12)7-14-11(16-10)15-8-3-5-17(6-4-8)20(2,18)19/h7-8H,3-6H2,1-2H3,(H2,13,14,15,16). The smallest absolute Gasteiger partial charge is 0.224 e. The van der Waals surface area contributed by atoms with E-state index in [9.17, 15) is 8.42 Å². The van der Waals surface area contributed by atoms with Crippen molar-refractivity contribution >= 4 is 33.4 Å². The summed E-state index contributed by atoms with van der Waals surface area (Å²) in [6, 6.07) is 0.166. The van der Waals surface area contributed by atoms with Gasteiger partial charge < -0.3 is 10.6 Å². The van der Waals surface area contributed by atoms with Gasteiger partial charge in [0, 0.05) is 26.2 Å². The van der Waals surface area contributed by atoms with E-state index in [1.807, 2.05) is 0 Å². The molecule has 2 heterocycles. The molecule has 0 aliphatic carbocycles. The molecule has 1 fully saturated rings. The third kappa shape index (κ3) is 3.71. The minimum Gasteiger partial charge on any atom is -0.372 e. The fraction of sp³-hybridized carbons (Fsp3) is 0.636. The van der Waals surface area contributed by atoms with E-state index in [4.69, 9.17) is 11.6 Å². The molecule has 7 nitrogen and oxygen atoms in total. The Hall–Kier alpha value is -1.12. The molecule has 1 saturated heterocycles. The quantitative estimate of drug-likeness (QED) is 0.861. The van der Waals surface area contributed by atoms with Gasteiger partial charge in [0.25, 0.3) is 0 Å². The van der Waals surface area contributed by atoms with Crippen molar-refractivity contribution in [1.82, 2.24) is 14.3 Å². The number of nitrogens with zero attached hydrogens (tertiary/aromatic N) is 3. The Morgan fingerprint density at radius 1 is 1.40 bits per heavy atom. The second-order valence-electron chi connectivity index (χ2n) is 4.72. The highest BCUT2D eigenvalue weighted by Crippen LogP contribution is 2.21. The van der Waals surface area contributed by atoms with Crippen LogP contribution in [-0.4, -0.2) is 55.1 Å². The van der Waals surface area contributed by atoms with Crippen LogP contribution in [0.1, 0.15) is 12.8 Å². The van der Waals surface area contributed by atoms with Gasteiger partial charge in [0.05, 0.1) is 12.5 Å². The topological polar surface area (TPSA) is 87.2 Å². The van der Waals surface area contributed by atoms with Crippen LogP contribution in [0.4, 0.5) is 11.8 Å². The molecule has 2 rings (SSSR count). The van der Waals surface area contributed by atoms with Crippen molar-refractivity contribution in [3.63, 3.8) is 0 Å². The van der Waals surface area contributed by atoms with Crippen LogP contribution in [0.25, 0.3) is 0 Å². The number of aromatic nitrogens is 2. The summed E-state index contributed by atoms with van der Waals surface area (Å²) in [7, 11) is -1.35. The predicted octanol–water partition coefficient (Wildman–Crippen LogP) is 1.01. The van der Waals surface area contributed by atoms with Crippen molar-refractivity contribution in [2.45, 2.75) is 18.9 Å². The fourth-order valence-electron chi connectivity index (χ4n) is 2.13. The normalized spacial score (nSPS) is 17.9. The molecule has 0 saturated carbocycles. The lowest BCUT2D eigenvalue weighted by atomic mass is 10.1. The van der Waals surface area contributed by atoms with Gasteiger partial charge in [-0.25, -0.2) is 17.7 Å². The maximum absolute atomic E-state index is 11.4. The summed E-state index contributed by atoms with van der Waals surface area (Å²) in [6.07, 6.45) is 4.23. The average molecular weight is 320 g/mol. The lowest BCUT2D eigenvalue weighted by Crippen LogP contribution is -2.42. The van der Waals surface area contributed by atoms with Crippen molar-refractivity contribution in [2.24, 2.45) is 0 Å². The van der Waals surface area contributed by atoms with Gasteiger partial charge in [0.1, 0.15) is 10.8 Å². The van der Waals surface area contributed by atoms with E-state index in [0.717, 1.165) is 12.8 Å². The van der Waals surface area contributed by atoms with Crippen molar-refractivity contribution < 1.29 is 8.42 Å². The Morgan fingerprint density at radius 2 is 2.05 bits per heavy atom. The van der Waals surface area contributed by atoms with Crippen LogP contribution in [0.2, 0.25) is 5.02 Å². The Bertz CT molecular complexity index is 572. The zero-order chi connectivity index (χ0) is 14.8. The number of halogens is 1. The molecule has 2 N–H and O–H groups in total. The Morgan fingerprint density at radius 3 is 2.60 bits per heavy atom. The average Bonchev–Trinajstić information content (AvgIpc) is 2.40. The van der Waals surface area contributed by atoms with E-state index in [-0.39, 0.29) is 6.04 Å². The van der Waals surface area contributed by atoms with Crippen LogP contribution in [0.5, 0.6) is 0 Å². The molecule has 0 radical (unpaired) electrons. The molecule has 1 aromatic rings. The van der Waals surface area contributed by atoms with Gasteiger partial charge in [0.2, 0.25) is 16.0 Å². The number of sulfonamides is 1. The lowest BCUT2D eigenvalue weighted by molar-refractivity contribution is 0.331. The van der Waals surface area contributed by atoms with Gasteiger partial charge in [-0.15, -0.1) is 0 Å². The first kappa shape index (κ1) is 15.3. The van der Waals surface area contributed by atoms with Crippen LogP contribution in [0.15, 0.2) is 6.20 Å². The third-order valence-corrected chi connectivity index (χ3v) is 4.82. The SMILES string of the molecule is CNc1nc(NC2CCN(S(C)(=O)=O)CC2)ncc1Cl. The van der Waals surface area contributed by atoms with Crippen molar-refractivity contribution in [3.05, 3.63) is 11.2 Å². The highest BCUT2D eigenvalue weighted by Gasteiger charge is 2.25. The molecule has 0 atom stereocenters. The zero-order valence-corrected chi connectivity index (χ0v) is 13.0. The van der Waals surface area contributed by atoms with Gasteiger partial charge in [-0.2, -0.15) is 4.98 Å². The maximum Gasteiger partial charge on any atom is 0.224 e. The highest BCUT2D eigenvalue weighted by molar-refractivity contribution is 7.88. The molecular formula is C11H18ClN5O2S. The van der Waals surface area contributed by atoms with Crippen LogP contribution < -0.4 is 10.6 Å². The van der Waals surface area contributed by atoms with Crippen molar-refractivity contribution in [3.8, 4) is 0 Å². The van der Waals surface area contributed by atoms with Crippen molar-refractivity contribution in [2.75, 3.05) is 37.0 Å². The maximum atomic E-state index is 11.4. The van der Waals surface area contributed by atoms with E-state index in [1.165, 1.54) is 16.8 Å². The summed E-state index contributed by atoms with van der Waals surface area (Å²) < 4.78 is 24.4. The van der Waals surface area contributed by atoms with Crippen LogP contribution in [-0.2, 0) is 10.0 Å². The number of piperidine rings is 1. The molecule has 0 aromatic carbocycles. The molecule has 0 unspecified atom stereocenters. The monoisotopic (exact) mass is 319 g/mol. The summed E-state index contributed by atoms with van der Waals surface area (Å²) in [5.41, 5.74) is 0. The van der Waals surface area contributed by atoms with E-state index < -0.39 is 10.0 Å². The molecule has 20 heavy (non-hydrogen) atoms. The molecule has 0 spiro atoms. The number of hydrogen-bond donors (Lipinski definition) is 2. The molecule has 9 heteroatoms. The largest absolute Gasteiger partial charge is 0.372 e. The lowest BCUT2D eigenvalue weighted by Gasteiger charge is -2.30. The Balaban J connectivity index is 1.96. The van der Waals surface area contributed by atoms with Crippen molar-refractivity contribution in [1.29, 1.82) is 0 Å². The summed E-state index contributed by atoms with van der Waals surface area (Å²) in [6.45, 7) is 1.03. The Kier molecular flexibility index (Phi) is 4.66. The first-order valence-corrected chi connectivity index (χ1v) is 8.54. The molecular weight excluding hydrogens is 302 g/mol. The molecule has 1 aromatic heterocycles. The third-order valence-electron chi connectivity index (χ3n) is 3.24. The second-order valence-corrected chi connectivity index (χ2v) is 7.11. The van der Waals surface area contributed by atoms with Crippen LogP contribution in [0, 0.1) is 0 Å². The second kappa shape index (κ2) is 6.11. The van der Waals surface area contributed by atoms with Gasteiger partial charge in [-0.3, -0.25) is 0 Å². The first-order valence-electron chi connectivity index (χ1n) is 6.32.